The predicted molar refractivity (Wildman–Crippen MR) is 84.0 cm³/mol. The summed E-state index contributed by atoms with van der Waals surface area (Å²) in [5.41, 5.74) is 1.28. The van der Waals surface area contributed by atoms with E-state index in [4.69, 9.17) is 4.74 Å². The summed E-state index contributed by atoms with van der Waals surface area (Å²) in [7, 11) is 1.67. The molecule has 5 heteroatoms. The van der Waals surface area contributed by atoms with Crippen LogP contribution in [0.2, 0.25) is 0 Å². The van der Waals surface area contributed by atoms with E-state index in [0.29, 0.717) is 0 Å². The Bertz CT molecular complexity index is 750. The van der Waals surface area contributed by atoms with Gasteiger partial charge < -0.3 is 4.74 Å². The molecule has 0 atom stereocenters. The molecule has 3 aromatic rings. The zero-order valence-electron chi connectivity index (χ0n) is 11.5. The maximum absolute atomic E-state index is 5.18. The lowest BCUT2D eigenvalue weighted by Gasteiger charge is -2.04. The highest BCUT2D eigenvalue weighted by Crippen LogP contribution is 2.37. The fourth-order valence-electron chi connectivity index (χ4n) is 1.98. The van der Waals surface area contributed by atoms with Crippen molar-refractivity contribution in [1.82, 2.24) is 9.97 Å². The third-order valence-electron chi connectivity index (χ3n) is 3.20. The Kier molecular flexibility index (Phi) is 3.63. The van der Waals surface area contributed by atoms with E-state index in [1.807, 2.05) is 24.3 Å². The second-order valence-corrected chi connectivity index (χ2v) is 6.69. The number of ether oxygens (including phenoxy) is 1. The molecule has 3 rings (SSSR count). The Balaban J connectivity index is 2.01. The minimum Gasteiger partial charge on any atom is -0.497 e. The van der Waals surface area contributed by atoms with Crippen molar-refractivity contribution in [1.29, 1.82) is 0 Å². The Morgan fingerprint density at radius 3 is 2.55 bits per heavy atom. The molecule has 0 aliphatic carbocycles. The highest BCUT2D eigenvalue weighted by atomic mass is 32.2. The number of hydrogen-bond donors (Lipinski definition) is 0. The van der Waals surface area contributed by atoms with Crippen molar-refractivity contribution in [2.45, 2.75) is 23.8 Å². The molecule has 0 amide bonds. The van der Waals surface area contributed by atoms with Crippen LogP contribution in [0, 0.1) is 13.8 Å². The van der Waals surface area contributed by atoms with Crippen molar-refractivity contribution in [3.8, 4) is 5.75 Å². The zero-order valence-corrected chi connectivity index (χ0v) is 13.1. The number of aromatic nitrogens is 2. The molecule has 0 aliphatic heterocycles. The molecule has 0 spiro atoms. The van der Waals surface area contributed by atoms with E-state index < -0.39 is 0 Å². The molecule has 0 saturated carbocycles. The first-order chi connectivity index (χ1) is 9.69. The number of hydrogen-bond acceptors (Lipinski definition) is 5. The SMILES string of the molecule is COc1ccc(Sc2ncnc3sc(C)c(C)c23)cc1. The van der Waals surface area contributed by atoms with Gasteiger partial charge in [-0.05, 0) is 43.7 Å². The standard InChI is InChI=1S/C15H14N2OS2/c1-9-10(2)19-14-13(9)15(17-8-16-14)20-12-6-4-11(18-3)5-7-12/h4-8H,1-3H3. The third-order valence-corrected chi connectivity index (χ3v) is 5.33. The summed E-state index contributed by atoms with van der Waals surface area (Å²) in [6.07, 6.45) is 1.64. The van der Waals surface area contributed by atoms with Crippen molar-refractivity contribution in [3.63, 3.8) is 0 Å². The first-order valence-corrected chi connectivity index (χ1v) is 7.85. The van der Waals surface area contributed by atoms with Crippen LogP contribution in [-0.4, -0.2) is 17.1 Å². The molecule has 3 nitrogen and oxygen atoms in total. The predicted octanol–water partition coefficient (Wildman–Crippen LogP) is 4.47. The molecule has 0 N–H and O–H groups in total. The number of methoxy groups -OCH3 is 1. The summed E-state index contributed by atoms with van der Waals surface area (Å²) in [6, 6.07) is 8.02. The second-order valence-electron chi connectivity index (χ2n) is 4.42. The zero-order chi connectivity index (χ0) is 14.1. The molecule has 2 heterocycles. The van der Waals surface area contributed by atoms with Crippen LogP contribution >= 0.6 is 23.1 Å². The van der Waals surface area contributed by atoms with E-state index in [9.17, 15) is 0 Å². The molecule has 0 bridgehead atoms. The number of fused-ring (bicyclic) bond motifs is 1. The molecule has 0 saturated heterocycles. The number of thiophene rings is 1. The summed E-state index contributed by atoms with van der Waals surface area (Å²) in [4.78, 5) is 12.3. The van der Waals surface area contributed by atoms with Crippen LogP contribution in [-0.2, 0) is 0 Å². The fraction of sp³-hybridized carbons (Fsp3) is 0.200. The number of aryl methyl sites for hydroxylation is 2. The molecule has 20 heavy (non-hydrogen) atoms. The monoisotopic (exact) mass is 302 g/mol. The fourth-order valence-corrected chi connectivity index (χ4v) is 3.99. The van der Waals surface area contributed by atoms with Gasteiger partial charge in [-0.25, -0.2) is 9.97 Å². The molecule has 0 fully saturated rings. The molecule has 0 radical (unpaired) electrons. The molecular formula is C15H14N2OS2. The minimum atomic E-state index is 0.866. The van der Waals surface area contributed by atoms with Gasteiger partial charge in [0.25, 0.3) is 0 Å². The number of rotatable bonds is 3. The normalized spacial score (nSPS) is 10.9. The van der Waals surface area contributed by atoms with E-state index in [-0.39, 0.29) is 0 Å². The van der Waals surface area contributed by atoms with Crippen molar-refractivity contribution >= 4 is 33.3 Å². The van der Waals surface area contributed by atoms with Gasteiger partial charge >= 0.3 is 0 Å². The molecule has 2 aromatic heterocycles. The van der Waals surface area contributed by atoms with Crippen LogP contribution in [0.1, 0.15) is 10.4 Å². The summed E-state index contributed by atoms with van der Waals surface area (Å²) < 4.78 is 5.18. The van der Waals surface area contributed by atoms with Gasteiger partial charge in [0.15, 0.2) is 0 Å². The Labute approximate surface area is 126 Å². The minimum absolute atomic E-state index is 0.866. The average Bonchev–Trinajstić information content (AvgIpc) is 2.76. The van der Waals surface area contributed by atoms with E-state index in [0.717, 1.165) is 20.5 Å². The van der Waals surface area contributed by atoms with Crippen molar-refractivity contribution in [3.05, 3.63) is 41.0 Å². The summed E-state index contributed by atoms with van der Waals surface area (Å²) in [5.74, 6) is 0.866. The van der Waals surface area contributed by atoms with Gasteiger partial charge in [-0.3, -0.25) is 0 Å². The summed E-state index contributed by atoms with van der Waals surface area (Å²) >= 11 is 3.39. The van der Waals surface area contributed by atoms with Crippen LogP contribution in [0.15, 0.2) is 40.5 Å². The number of nitrogens with zero attached hydrogens (tertiary/aromatic N) is 2. The smallest absolute Gasteiger partial charge is 0.128 e. The van der Waals surface area contributed by atoms with Gasteiger partial charge in [0.1, 0.15) is 21.9 Å². The maximum atomic E-state index is 5.18. The highest BCUT2D eigenvalue weighted by molar-refractivity contribution is 7.99. The van der Waals surface area contributed by atoms with Gasteiger partial charge in [0, 0.05) is 15.2 Å². The lowest BCUT2D eigenvalue weighted by molar-refractivity contribution is 0.414. The van der Waals surface area contributed by atoms with E-state index >= 15 is 0 Å². The summed E-state index contributed by atoms with van der Waals surface area (Å²) in [6.45, 7) is 4.26. The Hall–Kier alpha value is -1.59. The maximum Gasteiger partial charge on any atom is 0.128 e. The second kappa shape index (κ2) is 5.42. The van der Waals surface area contributed by atoms with Crippen molar-refractivity contribution in [2.75, 3.05) is 7.11 Å². The van der Waals surface area contributed by atoms with E-state index in [2.05, 4.69) is 23.8 Å². The quantitative estimate of drug-likeness (QED) is 0.669. The van der Waals surface area contributed by atoms with Crippen LogP contribution in [0.3, 0.4) is 0 Å². The Morgan fingerprint density at radius 2 is 1.85 bits per heavy atom. The lowest BCUT2D eigenvalue weighted by atomic mass is 10.2. The largest absolute Gasteiger partial charge is 0.497 e. The number of benzene rings is 1. The molecular weight excluding hydrogens is 288 g/mol. The lowest BCUT2D eigenvalue weighted by Crippen LogP contribution is -1.86. The van der Waals surface area contributed by atoms with Gasteiger partial charge in [0.2, 0.25) is 0 Å². The van der Waals surface area contributed by atoms with E-state index in [1.54, 1.807) is 36.5 Å². The summed E-state index contributed by atoms with van der Waals surface area (Å²) in [5, 5.41) is 2.19. The van der Waals surface area contributed by atoms with Gasteiger partial charge in [-0.1, -0.05) is 11.8 Å². The van der Waals surface area contributed by atoms with Crippen molar-refractivity contribution < 1.29 is 4.74 Å². The topological polar surface area (TPSA) is 35.0 Å². The van der Waals surface area contributed by atoms with Crippen LogP contribution in [0.5, 0.6) is 5.75 Å². The van der Waals surface area contributed by atoms with E-state index in [1.165, 1.54) is 15.8 Å². The first-order valence-electron chi connectivity index (χ1n) is 6.21. The highest BCUT2D eigenvalue weighted by Gasteiger charge is 2.12. The molecule has 0 aliphatic rings. The van der Waals surface area contributed by atoms with Crippen LogP contribution in [0.4, 0.5) is 0 Å². The third kappa shape index (κ3) is 2.39. The van der Waals surface area contributed by atoms with Crippen LogP contribution < -0.4 is 4.74 Å². The van der Waals surface area contributed by atoms with Crippen molar-refractivity contribution in [2.24, 2.45) is 0 Å². The Morgan fingerprint density at radius 1 is 1.10 bits per heavy atom. The molecule has 0 unspecified atom stereocenters. The van der Waals surface area contributed by atoms with Gasteiger partial charge in [-0.2, -0.15) is 0 Å². The average molecular weight is 302 g/mol. The van der Waals surface area contributed by atoms with Gasteiger partial charge in [-0.15, -0.1) is 11.3 Å². The molecule has 102 valence electrons. The van der Waals surface area contributed by atoms with Crippen LogP contribution in [0.25, 0.3) is 10.2 Å². The van der Waals surface area contributed by atoms with Gasteiger partial charge in [0.05, 0.1) is 7.11 Å². The first kappa shape index (κ1) is 13.4. The molecule has 1 aromatic carbocycles.